The van der Waals surface area contributed by atoms with Gasteiger partial charge in [0.1, 0.15) is 11.5 Å². The number of rotatable bonds is 4. The second-order valence-corrected chi connectivity index (χ2v) is 5.11. The lowest BCUT2D eigenvalue weighted by Crippen LogP contribution is -2.08. The van der Waals surface area contributed by atoms with Gasteiger partial charge in [0.25, 0.3) is 0 Å². The van der Waals surface area contributed by atoms with E-state index in [1.54, 1.807) is 13.2 Å². The van der Waals surface area contributed by atoms with Crippen molar-refractivity contribution >= 4 is 5.69 Å². The minimum atomic E-state index is 0.119. The third-order valence-electron chi connectivity index (χ3n) is 3.43. The summed E-state index contributed by atoms with van der Waals surface area (Å²) in [5, 5.41) is 13.0. The van der Waals surface area contributed by atoms with Crippen LogP contribution in [-0.4, -0.2) is 12.2 Å². The molecular weight excluding hydrogens is 250 g/mol. The molecule has 20 heavy (non-hydrogen) atoms. The molecule has 0 heterocycles. The van der Waals surface area contributed by atoms with Gasteiger partial charge in [-0.2, -0.15) is 0 Å². The fraction of sp³-hybridized carbons (Fsp3) is 0.294. The predicted octanol–water partition coefficient (Wildman–Crippen LogP) is 4.19. The van der Waals surface area contributed by atoms with Crippen molar-refractivity contribution in [3.05, 3.63) is 53.1 Å². The summed E-state index contributed by atoms with van der Waals surface area (Å²) in [6, 6.07) is 11.8. The Morgan fingerprint density at radius 3 is 2.50 bits per heavy atom. The van der Waals surface area contributed by atoms with E-state index in [9.17, 15) is 5.11 Å². The summed E-state index contributed by atoms with van der Waals surface area (Å²) < 4.78 is 5.42. The molecule has 0 aliphatic carbocycles. The van der Waals surface area contributed by atoms with Crippen molar-refractivity contribution in [1.82, 2.24) is 0 Å². The number of phenols is 1. The number of hydrogen-bond donors (Lipinski definition) is 2. The molecule has 2 aromatic rings. The fourth-order valence-corrected chi connectivity index (χ4v) is 2.27. The zero-order chi connectivity index (χ0) is 14.7. The van der Waals surface area contributed by atoms with Crippen molar-refractivity contribution in [1.29, 1.82) is 0 Å². The van der Waals surface area contributed by atoms with Gasteiger partial charge in [-0.25, -0.2) is 0 Å². The molecule has 3 heteroatoms. The van der Waals surface area contributed by atoms with Gasteiger partial charge in [-0.05, 0) is 50.6 Å². The lowest BCUT2D eigenvalue weighted by atomic mass is 10.0. The molecule has 0 aliphatic rings. The second-order valence-electron chi connectivity index (χ2n) is 5.11. The lowest BCUT2D eigenvalue weighted by Gasteiger charge is -2.19. The molecule has 0 aromatic heterocycles. The van der Waals surface area contributed by atoms with Crippen molar-refractivity contribution in [2.45, 2.75) is 26.8 Å². The minimum Gasteiger partial charge on any atom is -0.508 e. The molecule has 2 N–H and O–H groups in total. The van der Waals surface area contributed by atoms with Crippen molar-refractivity contribution in [3.8, 4) is 11.5 Å². The number of benzene rings is 2. The molecule has 2 rings (SSSR count). The minimum absolute atomic E-state index is 0.119. The van der Waals surface area contributed by atoms with Gasteiger partial charge in [0.15, 0.2) is 0 Å². The zero-order valence-electron chi connectivity index (χ0n) is 12.4. The zero-order valence-corrected chi connectivity index (χ0v) is 12.4. The van der Waals surface area contributed by atoms with Gasteiger partial charge in [-0.15, -0.1) is 0 Å². The number of methoxy groups -OCH3 is 1. The summed E-state index contributed by atoms with van der Waals surface area (Å²) in [6.07, 6.45) is 0. The molecule has 0 spiro atoms. The molecule has 0 bridgehead atoms. The van der Waals surface area contributed by atoms with E-state index in [2.05, 4.69) is 25.2 Å². The van der Waals surface area contributed by atoms with Crippen LogP contribution in [0.5, 0.6) is 11.5 Å². The first-order valence-electron chi connectivity index (χ1n) is 6.72. The summed E-state index contributed by atoms with van der Waals surface area (Å²) in [5.41, 5.74) is 4.17. The largest absolute Gasteiger partial charge is 0.508 e. The van der Waals surface area contributed by atoms with E-state index in [4.69, 9.17) is 4.74 Å². The van der Waals surface area contributed by atoms with Crippen molar-refractivity contribution in [3.63, 3.8) is 0 Å². The van der Waals surface area contributed by atoms with Crippen LogP contribution in [0.4, 0.5) is 5.69 Å². The van der Waals surface area contributed by atoms with E-state index in [1.807, 2.05) is 31.2 Å². The van der Waals surface area contributed by atoms with Crippen molar-refractivity contribution < 1.29 is 9.84 Å². The Morgan fingerprint density at radius 2 is 1.85 bits per heavy atom. The smallest absolute Gasteiger partial charge is 0.124 e. The van der Waals surface area contributed by atoms with Crippen LogP contribution in [0.2, 0.25) is 0 Å². The Balaban J connectivity index is 2.25. The maximum absolute atomic E-state index is 9.57. The maximum atomic E-state index is 9.57. The first-order chi connectivity index (χ1) is 9.51. The fourth-order valence-electron chi connectivity index (χ4n) is 2.27. The Hall–Kier alpha value is -2.16. The summed E-state index contributed by atoms with van der Waals surface area (Å²) in [5.74, 6) is 1.20. The highest BCUT2D eigenvalue weighted by atomic mass is 16.5. The standard InChI is InChI=1S/C17H21NO2/c1-11-5-8-17(20-4)15(9-11)13(3)18-14-6-7-16(19)12(2)10-14/h5-10,13,18-19H,1-4H3. The number of aromatic hydroxyl groups is 1. The average molecular weight is 271 g/mol. The van der Waals surface area contributed by atoms with Crippen molar-refractivity contribution in [2.75, 3.05) is 12.4 Å². The monoisotopic (exact) mass is 271 g/mol. The van der Waals surface area contributed by atoms with Crippen molar-refractivity contribution in [2.24, 2.45) is 0 Å². The maximum Gasteiger partial charge on any atom is 0.124 e. The van der Waals surface area contributed by atoms with Crippen LogP contribution in [0.1, 0.15) is 29.7 Å². The molecule has 3 nitrogen and oxygen atoms in total. The van der Waals surface area contributed by atoms with E-state index in [0.29, 0.717) is 5.75 Å². The van der Waals surface area contributed by atoms with E-state index in [-0.39, 0.29) is 6.04 Å². The van der Waals surface area contributed by atoms with E-state index in [0.717, 1.165) is 22.6 Å². The summed E-state index contributed by atoms with van der Waals surface area (Å²) in [7, 11) is 1.69. The first kappa shape index (κ1) is 14.3. The van der Waals surface area contributed by atoms with Crippen LogP contribution in [0.3, 0.4) is 0 Å². The van der Waals surface area contributed by atoms with Gasteiger partial charge in [-0.3, -0.25) is 0 Å². The highest BCUT2D eigenvalue weighted by molar-refractivity contribution is 5.53. The SMILES string of the molecule is COc1ccc(C)cc1C(C)Nc1ccc(O)c(C)c1. The van der Waals surface area contributed by atoms with Gasteiger partial charge < -0.3 is 15.2 Å². The molecule has 0 aliphatic heterocycles. The molecule has 0 saturated carbocycles. The number of ether oxygens (including phenoxy) is 1. The van der Waals surface area contributed by atoms with E-state index in [1.165, 1.54) is 5.56 Å². The molecule has 106 valence electrons. The first-order valence-corrected chi connectivity index (χ1v) is 6.72. The molecule has 0 radical (unpaired) electrons. The molecule has 0 saturated heterocycles. The highest BCUT2D eigenvalue weighted by Gasteiger charge is 2.12. The van der Waals surface area contributed by atoms with Gasteiger partial charge in [0.05, 0.1) is 13.2 Å². The Bertz CT molecular complexity index is 608. The summed E-state index contributed by atoms with van der Waals surface area (Å²) >= 11 is 0. The molecule has 0 fully saturated rings. The normalized spacial score (nSPS) is 12.0. The van der Waals surface area contributed by atoms with Crippen LogP contribution in [0, 0.1) is 13.8 Å². The van der Waals surface area contributed by atoms with Crippen LogP contribution >= 0.6 is 0 Å². The summed E-state index contributed by atoms with van der Waals surface area (Å²) in [6.45, 7) is 6.05. The number of aryl methyl sites for hydroxylation is 2. The molecule has 0 amide bonds. The number of phenolic OH excluding ortho intramolecular Hbond substituents is 1. The van der Waals surface area contributed by atoms with Gasteiger partial charge >= 0.3 is 0 Å². The van der Waals surface area contributed by atoms with Gasteiger partial charge in [-0.1, -0.05) is 17.7 Å². The Kier molecular flexibility index (Phi) is 4.18. The lowest BCUT2D eigenvalue weighted by molar-refractivity contribution is 0.408. The molecule has 1 unspecified atom stereocenters. The Morgan fingerprint density at radius 1 is 1.10 bits per heavy atom. The second kappa shape index (κ2) is 5.87. The molecular formula is C17H21NO2. The van der Waals surface area contributed by atoms with Crippen LogP contribution in [0.15, 0.2) is 36.4 Å². The van der Waals surface area contributed by atoms with E-state index < -0.39 is 0 Å². The Labute approximate surface area is 120 Å². The number of nitrogens with one attached hydrogen (secondary N) is 1. The number of anilines is 1. The molecule has 2 aromatic carbocycles. The predicted molar refractivity (Wildman–Crippen MR) is 82.6 cm³/mol. The number of hydrogen-bond acceptors (Lipinski definition) is 3. The van der Waals surface area contributed by atoms with Crippen LogP contribution in [0.25, 0.3) is 0 Å². The third-order valence-corrected chi connectivity index (χ3v) is 3.43. The van der Waals surface area contributed by atoms with Gasteiger partial charge in [0.2, 0.25) is 0 Å². The average Bonchev–Trinajstić information content (AvgIpc) is 2.43. The third kappa shape index (κ3) is 3.05. The highest BCUT2D eigenvalue weighted by Crippen LogP contribution is 2.29. The van der Waals surface area contributed by atoms with Gasteiger partial charge in [0, 0.05) is 11.3 Å². The van der Waals surface area contributed by atoms with E-state index >= 15 is 0 Å². The van der Waals surface area contributed by atoms with Crippen LogP contribution in [-0.2, 0) is 0 Å². The molecule has 1 atom stereocenters. The topological polar surface area (TPSA) is 41.5 Å². The quantitative estimate of drug-likeness (QED) is 0.819. The van der Waals surface area contributed by atoms with Crippen LogP contribution < -0.4 is 10.1 Å². The summed E-state index contributed by atoms with van der Waals surface area (Å²) in [4.78, 5) is 0.